The molecule has 1 fully saturated rings. The van der Waals surface area contributed by atoms with Gasteiger partial charge in [0.05, 0.1) is 12.3 Å². The first-order valence-corrected chi connectivity index (χ1v) is 6.82. The fourth-order valence-corrected chi connectivity index (χ4v) is 1.57. The van der Waals surface area contributed by atoms with Crippen molar-refractivity contribution in [3.8, 4) is 0 Å². The fraction of sp³-hybridized carbons (Fsp3) is 0.533. The molecule has 112 valence electrons. The van der Waals surface area contributed by atoms with Gasteiger partial charge >= 0.3 is 11.9 Å². The van der Waals surface area contributed by atoms with Gasteiger partial charge in [0.15, 0.2) is 0 Å². The molecule has 5 heteroatoms. The summed E-state index contributed by atoms with van der Waals surface area (Å²) >= 11 is 0. The molecule has 1 rings (SSSR count). The lowest BCUT2D eigenvalue weighted by Crippen LogP contribution is -2.05. The van der Waals surface area contributed by atoms with Gasteiger partial charge in [0.25, 0.3) is 0 Å². The van der Waals surface area contributed by atoms with Crippen LogP contribution in [0.4, 0.5) is 0 Å². The highest BCUT2D eigenvalue weighted by atomic mass is 16.6. The molecule has 0 aromatic rings. The number of hydrogen-bond acceptors (Lipinski definition) is 4. The van der Waals surface area contributed by atoms with E-state index in [0.717, 1.165) is 6.42 Å². The summed E-state index contributed by atoms with van der Waals surface area (Å²) in [5, 5.41) is 0. The molecule has 5 nitrogen and oxygen atoms in total. The van der Waals surface area contributed by atoms with Gasteiger partial charge in [-0.2, -0.15) is 0 Å². The Morgan fingerprint density at radius 1 is 1.40 bits per heavy atom. The van der Waals surface area contributed by atoms with Gasteiger partial charge in [-0.1, -0.05) is 38.0 Å². The third kappa shape index (κ3) is 9.08. The summed E-state index contributed by atoms with van der Waals surface area (Å²) < 4.78 is 4.44. The van der Waals surface area contributed by atoms with Crippen molar-refractivity contribution in [2.75, 3.05) is 0 Å². The van der Waals surface area contributed by atoms with E-state index in [-0.39, 0.29) is 24.3 Å². The van der Waals surface area contributed by atoms with E-state index >= 15 is 0 Å². The highest BCUT2D eigenvalue weighted by Crippen LogP contribution is 2.19. The van der Waals surface area contributed by atoms with Crippen LogP contribution in [0.15, 0.2) is 24.3 Å². The molecule has 0 spiro atoms. The maximum atomic E-state index is 11.0. The Morgan fingerprint density at radius 3 is 2.50 bits per heavy atom. The van der Waals surface area contributed by atoms with E-state index in [1.165, 1.54) is 18.9 Å². The van der Waals surface area contributed by atoms with Crippen LogP contribution in [0.2, 0.25) is 0 Å². The summed E-state index contributed by atoms with van der Waals surface area (Å²) in [7, 11) is 0. The molecule has 0 aromatic heterocycles. The largest absolute Gasteiger partial charge is 0.393 e. The van der Waals surface area contributed by atoms with E-state index in [2.05, 4.69) is 23.5 Å². The molecule has 2 N–H and O–H groups in total. The van der Waals surface area contributed by atoms with Crippen LogP contribution in [0.25, 0.3) is 0 Å². The number of cyclic esters (lactones) is 2. The van der Waals surface area contributed by atoms with Crippen LogP contribution in [-0.2, 0) is 19.1 Å². The van der Waals surface area contributed by atoms with Gasteiger partial charge in [-0.15, -0.1) is 0 Å². The molecule has 1 heterocycles. The molecule has 1 unspecified atom stereocenters. The average Bonchev–Trinajstić information content (AvgIpc) is 2.68. The molecule has 1 amide bonds. The molecule has 20 heavy (non-hydrogen) atoms. The third-order valence-corrected chi connectivity index (χ3v) is 2.60. The molecule has 1 aliphatic rings. The molecule has 1 aliphatic heterocycles. The van der Waals surface area contributed by atoms with Gasteiger partial charge in [-0.05, 0) is 25.8 Å². The summed E-state index contributed by atoms with van der Waals surface area (Å²) in [5.74, 6) is -1.38. The quantitative estimate of drug-likeness (QED) is 0.266. The number of carbonyl (C=O) groups is 3. The molecule has 0 radical (unpaired) electrons. The van der Waals surface area contributed by atoms with Crippen LogP contribution in [0, 0.1) is 5.92 Å². The lowest BCUT2D eigenvalue weighted by molar-refractivity contribution is -0.153. The second kappa shape index (κ2) is 11.0. The van der Waals surface area contributed by atoms with E-state index in [4.69, 9.17) is 0 Å². The van der Waals surface area contributed by atoms with Crippen LogP contribution < -0.4 is 5.73 Å². The number of hydrogen-bond donors (Lipinski definition) is 1. The number of unbranched alkanes of at least 4 members (excludes halogenated alkanes) is 2. The number of primary amides is 1. The zero-order valence-corrected chi connectivity index (χ0v) is 12.1. The maximum Gasteiger partial charge on any atom is 0.317 e. The summed E-state index contributed by atoms with van der Waals surface area (Å²) in [6.07, 6.45) is 11.2. The number of carbonyl (C=O) groups excluding carboxylic acids is 3. The Bertz CT molecular complexity index is 385. The van der Waals surface area contributed by atoms with E-state index < -0.39 is 5.91 Å². The van der Waals surface area contributed by atoms with Gasteiger partial charge in [0.2, 0.25) is 5.91 Å². The lowest BCUT2D eigenvalue weighted by Gasteiger charge is -1.97. The average molecular weight is 281 g/mol. The summed E-state index contributed by atoms with van der Waals surface area (Å²) in [4.78, 5) is 31.5. The molecule has 0 saturated carbocycles. The zero-order valence-electron chi connectivity index (χ0n) is 12.1. The number of allylic oxidation sites excluding steroid dienone is 3. The van der Waals surface area contributed by atoms with E-state index in [9.17, 15) is 14.4 Å². The summed E-state index contributed by atoms with van der Waals surface area (Å²) in [6.45, 7) is 3.88. The third-order valence-electron chi connectivity index (χ3n) is 2.60. The summed E-state index contributed by atoms with van der Waals surface area (Å²) in [6, 6.07) is 0. The number of ether oxygens (including phenoxy) is 1. The first kappa shape index (κ1) is 18.1. The lowest BCUT2D eigenvalue weighted by atomic mass is 10.0. The van der Waals surface area contributed by atoms with Crippen LogP contribution in [0.1, 0.15) is 46.0 Å². The standard InChI is InChI=1S/C11H16O3.C4H7NO/c1-2-3-4-5-6-7-9-8-10(12)14-11(9)13;1-2-3-4(5)6/h5-6,9H,2-4,7-8H2,1H3;2-3H,1H3,(H2,5,6)/b6-5+;3-2+. The molecule has 0 bridgehead atoms. The Labute approximate surface area is 119 Å². The van der Waals surface area contributed by atoms with E-state index in [1.807, 2.05) is 6.08 Å². The van der Waals surface area contributed by atoms with E-state index in [1.54, 1.807) is 13.0 Å². The Morgan fingerprint density at radius 2 is 2.10 bits per heavy atom. The van der Waals surface area contributed by atoms with Gasteiger partial charge in [-0.25, -0.2) is 0 Å². The normalized spacial score (nSPS) is 18.2. The highest BCUT2D eigenvalue weighted by molar-refractivity contribution is 5.94. The zero-order chi connectivity index (χ0) is 15.4. The summed E-state index contributed by atoms with van der Waals surface area (Å²) in [5.41, 5.74) is 4.68. The van der Waals surface area contributed by atoms with Crippen LogP contribution >= 0.6 is 0 Å². The van der Waals surface area contributed by atoms with E-state index in [0.29, 0.717) is 6.42 Å². The SMILES string of the molecule is C/C=C/C(N)=O.CCCC/C=C/CC1CC(=O)OC1=O. The number of nitrogens with two attached hydrogens (primary N) is 1. The molecule has 1 atom stereocenters. The van der Waals surface area contributed by atoms with Gasteiger partial charge in [0, 0.05) is 0 Å². The number of esters is 2. The number of amides is 1. The van der Waals surface area contributed by atoms with Crippen LogP contribution in [0.3, 0.4) is 0 Å². The van der Waals surface area contributed by atoms with Gasteiger partial charge in [0.1, 0.15) is 0 Å². The van der Waals surface area contributed by atoms with Crippen molar-refractivity contribution in [1.82, 2.24) is 0 Å². The smallest absolute Gasteiger partial charge is 0.317 e. The van der Waals surface area contributed by atoms with Crippen molar-refractivity contribution in [1.29, 1.82) is 0 Å². The van der Waals surface area contributed by atoms with Crippen LogP contribution in [0.5, 0.6) is 0 Å². The Hall–Kier alpha value is -1.91. The Kier molecular flexibility index (Phi) is 9.92. The minimum absolute atomic E-state index is 0.236. The van der Waals surface area contributed by atoms with Crippen molar-refractivity contribution in [3.63, 3.8) is 0 Å². The predicted molar refractivity (Wildman–Crippen MR) is 76.5 cm³/mol. The molecule has 0 aliphatic carbocycles. The fourth-order valence-electron chi connectivity index (χ4n) is 1.57. The topological polar surface area (TPSA) is 86.5 Å². The van der Waals surface area contributed by atoms with Crippen molar-refractivity contribution in [2.45, 2.75) is 46.0 Å². The van der Waals surface area contributed by atoms with Gasteiger partial charge < -0.3 is 10.5 Å². The number of rotatable bonds is 6. The monoisotopic (exact) mass is 281 g/mol. The van der Waals surface area contributed by atoms with Crippen LogP contribution in [-0.4, -0.2) is 17.8 Å². The second-order valence-corrected chi connectivity index (χ2v) is 4.45. The second-order valence-electron chi connectivity index (χ2n) is 4.45. The molecule has 0 aromatic carbocycles. The molecule has 1 saturated heterocycles. The van der Waals surface area contributed by atoms with Crippen molar-refractivity contribution in [2.24, 2.45) is 11.7 Å². The van der Waals surface area contributed by atoms with Gasteiger partial charge in [-0.3, -0.25) is 14.4 Å². The molecular formula is C15H23NO4. The Balaban J connectivity index is 0.000000511. The predicted octanol–water partition coefficient (Wildman–Crippen LogP) is 2.26. The minimum atomic E-state index is -0.391. The highest BCUT2D eigenvalue weighted by Gasteiger charge is 2.31. The first-order chi connectivity index (χ1) is 9.51. The minimum Gasteiger partial charge on any atom is -0.393 e. The first-order valence-electron chi connectivity index (χ1n) is 6.82. The molecular weight excluding hydrogens is 258 g/mol. The van der Waals surface area contributed by atoms with Crippen molar-refractivity contribution >= 4 is 17.8 Å². The maximum absolute atomic E-state index is 11.0. The van der Waals surface area contributed by atoms with Crippen molar-refractivity contribution < 1.29 is 19.1 Å². The van der Waals surface area contributed by atoms with Crippen molar-refractivity contribution in [3.05, 3.63) is 24.3 Å².